The lowest BCUT2D eigenvalue weighted by molar-refractivity contribution is 0.0991. The Morgan fingerprint density at radius 2 is 1.63 bits per heavy atom. The molecule has 1 aromatic heterocycles. The van der Waals surface area contributed by atoms with Gasteiger partial charge in [-0.2, -0.15) is 0 Å². The van der Waals surface area contributed by atoms with Crippen LogP contribution < -0.4 is 10.1 Å². The van der Waals surface area contributed by atoms with Crippen molar-refractivity contribution in [2.24, 2.45) is 0 Å². The van der Waals surface area contributed by atoms with Crippen molar-refractivity contribution in [3.63, 3.8) is 0 Å². The molecular formula is C18H10ClF4NO3. The minimum Gasteiger partial charge on any atom is -0.486 e. The number of halogens is 5. The summed E-state index contributed by atoms with van der Waals surface area (Å²) in [6, 6.07) is 9.18. The largest absolute Gasteiger partial charge is 0.486 e. The second-order valence-electron chi connectivity index (χ2n) is 5.31. The summed E-state index contributed by atoms with van der Waals surface area (Å²) in [5.41, 5.74) is -1.24. The molecular weight excluding hydrogens is 390 g/mol. The van der Waals surface area contributed by atoms with Gasteiger partial charge >= 0.3 is 0 Å². The summed E-state index contributed by atoms with van der Waals surface area (Å²) in [4.78, 5) is 12.0. The molecule has 0 spiro atoms. The maximum Gasteiger partial charge on any atom is 0.291 e. The van der Waals surface area contributed by atoms with Crippen LogP contribution in [0.5, 0.6) is 5.75 Å². The molecule has 4 nitrogen and oxygen atoms in total. The van der Waals surface area contributed by atoms with E-state index in [-0.39, 0.29) is 24.2 Å². The van der Waals surface area contributed by atoms with Crippen LogP contribution in [0.2, 0.25) is 5.02 Å². The van der Waals surface area contributed by atoms with Crippen molar-refractivity contribution in [3.8, 4) is 5.75 Å². The van der Waals surface area contributed by atoms with E-state index in [9.17, 15) is 22.4 Å². The molecule has 1 N–H and O–H groups in total. The van der Waals surface area contributed by atoms with Gasteiger partial charge in [-0.3, -0.25) is 4.79 Å². The quantitative estimate of drug-likeness (QED) is 0.466. The van der Waals surface area contributed by atoms with E-state index >= 15 is 0 Å². The summed E-state index contributed by atoms with van der Waals surface area (Å²) in [6.07, 6.45) is 0. The third-order valence-electron chi connectivity index (χ3n) is 3.43. The van der Waals surface area contributed by atoms with Crippen molar-refractivity contribution in [3.05, 3.63) is 82.3 Å². The van der Waals surface area contributed by atoms with Crippen LogP contribution >= 0.6 is 11.6 Å². The molecule has 0 aliphatic carbocycles. The van der Waals surface area contributed by atoms with Gasteiger partial charge in [0, 0.05) is 11.1 Å². The van der Waals surface area contributed by atoms with Gasteiger partial charge in [0.25, 0.3) is 5.91 Å². The van der Waals surface area contributed by atoms with Gasteiger partial charge in [-0.15, -0.1) is 0 Å². The second kappa shape index (κ2) is 7.71. The van der Waals surface area contributed by atoms with Crippen molar-refractivity contribution in [2.75, 3.05) is 5.32 Å². The standard InChI is InChI=1S/C18H10ClF4NO3/c19-9-1-3-10(4-2-9)26-8-11-5-6-14(27-11)18(25)24-17-15(22)12(20)7-13(21)16(17)23/h1-7H,8H2,(H,24,25). The molecule has 0 fully saturated rings. The summed E-state index contributed by atoms with van der Waals surface area (Å²) in [7, 11) is 0. The Hall–Kier alpha value is -3.00. The maximum atomic E-state index is 13.6. The highest BCUT2D eigenvalue weighted by atomic mass is 35.5. The minimum atomic E-state index is -1.72. The normalized spacial score (nSPS) is 10.7. The number of amides is 1. The zero-order chi connectivity index (χ0) is 19.6. The first-order valence-electron chi connectivity index (χ1n) is 7.46. The van der Waals surface area contributed by atoms with Crippen molar-refractivity contribution in [1.82, 2.24) is 0 Å². The molecule has 1 amide bonds. The van der Waals surface area contributed by atoms with Crippen LogP contribution in [0.15, 0.2) is 46.9 Å². The van der Waals surface area contributed by atoms with Gasteiger partial charge < -0.3 is 14.5 Å². The first-order chi connectivity index (χ1) is 12.8. The van der Waals surface area contributed by atoms with E-state index in [1.165, 1.54) is 12.1 Å². The molecule has 3 aromatic rings. The molecule has 0 bridgehead atoms. The number of nitrogens with one attached hydrogen (secondary N) is 1. The molecule has 0 radical (unpaired) electrons. The van der Waals surface area contributed by atoms with Crippen molar-refractivity contribution in [1.29, 1.82) is 0 Å². The summed E-state index contributed by atoms with van der Waals surface area (Å²) < 4.78 is 64.2. The molecule has 0 unspecified atom stereocenters. The molecule has 0 aliphatic heterocycles. The molecule has 1 heterocycles. The van der Waals surface area contributed by atoms with Crippen LogP contribution in [0.4, 0.5) is 23.2 Å². The molecule has 27 heavy (non-hydrogen) atoms. The Labute approximate surface area is 155 Å². The van der Waals surface area contributed by atoms with E-state index in [0.717, 1.165) is 0 Å². The summed E-state index contributed by atoms with van der Waals surface area (Å²) in [5, 5.41) is 2.29. The smallest absolute Gasteiger partial charge is 0.291 e. The molecule has 0 aliphatic rings. The van der Waals surface area contributed by atoms with Gasteiger partial charge in [0.15, 0.2) is 29.0 Å². The van der Waals surface area contributed by atoms with E-state index < -0.39 is 34.9 Å². The predicted molar refractivity (Wildman–Crippen MR) is 88.7 cm³/mol. The fourth-order valence-electron chi connectivity index (χ4n) is 2.12. The number of anilines is 1. The Morgan fingerprint density at radius 1 is 1.00 bits per heavy atom. The van der Waals surface area contributed by atoms with Gasteiger partial charge in [-0.25, -0.2) is 17.6 Å². The topological polar surface area (TPSA) is 51.5 Å². The predicted octanol–water partition coefficient (Wildman–Crippen LogP) is 5.32. The highest BCUT2D eigenvalue weighted by molar-refractivity contribution is 6.30. The zero-order valence-corrected chi connectivity index (χ0v) is 14.1. The number of benzene rings is 2. The number of hydrogen-bond donors (Lipinski definition) is 1. The van der Waals surface area contributed by atoms with Crippen LogP contribution in [-0.2, 0) is 6.61 Å². The van der Waals surface area contributed by atoms with E-state index in [1.807, 2.05) is 0 Å². The highest BCUT2D eigenvalue weighted by Gasteiger charge is 2.22. The van der Waals surface area contributed by atoms with Crippen LogP contribution in [0.1, 0.15) is 16.3 Å². The number of rotatable bonds is 5. The lowest BCUT2D eigenvalue weighted by atomic mass is 10.2. The minimum absolute atomic E-state index is 0.0355. The van der Waals surface area contributed by atoms with Crippen molar-refractivity contribution >= 4 is 23.2 Å². The molecule has 140 valence electrons. The van der Waals surface area contributed by atoms with Crippen LogP contribution in [0, 0.1) is 23.3 Å². The third kappa shape index (κ3) is 4.22. The van der Waals surface area contributed by atoms with Crippen LogP contribution in [0.25, 0.3) is 0 Å². The Morgan fingerprint density at radius 3 is 2.26 bits per heavy atom. The Kier molecular flexibility index (Phi) is 5.36. The lowest BCUT2D eigenvalue weighted by Crippen LogP contribution is -2.15. The van der Waals surface area contributed by atoms with Crippen molar-refractivity contribution < 1.29 is 31.5 Å². The fraction of sp³-hybridized carbons (Fsp3) is 0.0556. The number of ether oxygens (including phenoxy) is 1. The van der Waals surface area contributed by atoms with Gasteiger partial charge in [0.2, 0.25) is 0 Å². The summed E-state index contributed by atoms with van der Waals surface area (Å²) in [6.45, 7) is -0.0355. The average Bonchev–Trinajstić information content (AvgIpc) is 3.12. The second-order valence-corrected chi connectivity index (χ2v) is 5.74. The number of carbonyl (C=O) groups excluding carboxylic acids is 1. The number of hydrogen-bond acceptors (Lipinski definition) is 3. The van der Waals surface area contributed by atoms with E-state index in [4.69, 9.17) is 20.8 Å². The number of carbonyl (C=O) groups is 1. The molecule has 2 aromatic carbocycles. The molecule has 0 saturated carbocycles. The van der Waals surface area contributed by atoms with Gasteiger partial charge in [-0.05, 0) is 36.4 Å². The van der Waals surface area contributed by atoms with Gasteiger partial charge in [-0.1, -0.05) is 11.6 Å². The average molecular weight is 400 g/mol. The van der Waals surface area contributed by atoms with Gasteiger partial charge in [0.1, 0.15) is 23.8 Å². The van der Waals surface area contributed by atoms with Crippen LogP contribution in [-0.4, -0.2) is 5.91 Å². The Balaban J connectivity index is 1.69. The van der Waals surface area contributed by atoms with E-state index in [2.05, 4.69) is 0 Å². The molecule has 0 saturated heterocycles. The van der Waals surface area contributed by atoms with Crippen molar-refractivity contribution in [2.45, 2.75) is 6.61 Å². The van der Waals surface area contributed by atoms with E-state index in [0.29, 0.717) is 10.8 Å². The monoisotopic (exact) mass is 399 g/mol. The zero-order valence-electron chi connectivity index (χ0n) is 13.4. The summed E-state index contributed by atoms with van der Waals surface area (Å²) >= 11 is 5.76. The maximum absolute atomic E-state index is 13.6. The first-order valence-corrected chi connectivity index (χ1v) is 7.84. The highest BCUT2D eigenvalue weighted by Crippen LogP contribution is 2.25. The third-order valence-corrected chi connectivity index (χ3v) is 3.68. The fourth-order valence-corrected chi connectivity index (χ4v) is 2.25. The molecule has 9 heteroatoms. The SMILES string of the molecule is O=C(Nc1c(F)c(F)cc(F)c1F)c1ccc(COc2ccc(Cl)cc2)o1. The molecule has 3 rings (SSSR count). The summed E-state index contributed by atoms with van der Waals surface area (Å²) in [5.74, 6) is -7.40. The van der Waals surface area contributed by atoms with Gasteiger partial charge in [0.05, 0.1) is 0 Å². The molecule has 0 atom stereocenters. The first kappa shape index (κ1) is 18.8. The number of furan rings is 1. The van der Waals surface area contributed by atoms with Crippen LogP contribution in [0.3, 0.4) is 0 Å². The Bertz CT molecular complexity index is 963. The van der Waals surface area contributed by atoms with E-state index in [1.54, 1.807) is 29.6 Å². The lowest BCUT2D eigenvalue weighted by Gasteiger charge is -2.07.